The van der Waals surface area contributed by atoms with Gasteiger partial charge in [-0.3, -0.25) is 4.90 Å². The molecule has 2 aromatic rings. The first-order valence-corrected chi connectivity index (χ1v) is 6.22. The Labute approximate surface area is 114 Å². The maximum absolute atomic E-state index is 10.9. The third-order valence-corrected chi connectivity index (χ3v) is 3.85. The molecule has 2 aliphatic rings. The van der Waals surface area contributed by atoms with Crippen molar-refractivity contribution in [2.45, 2.75) is 5.41 Å². The van der Waals surface area contributed by atoms with E-state index >= 15 is 0 Å². The summed E-state index contributed by atoms with van der Waals surface area (Å²) in [5.74, 6) is 0.814. The standard InChI is InChI=1S/C15H11NO4/c17-14(18)16-5-3-15(4-6-16)9-20-13-11-8-19-7-10(11)1-2-12(13)15/h1-8H,9H2,(H,17,18). The van der Waals surface area contributed by atoms with Gasteiger partial charge >= 0.3 is 6.09 Å². The lowest BCUT2D eigenvalue weighted by Gasteiger charge is -2.25. The van der Waals surface area contributed by atoms with E-state index in [0.29, 0.717) is 6.61 Å². The first-order chi connectivity index (χ1) is 9.70. The molecule has 0 unspecified atom stereocenters. The predicted octanol–water partition coefficient (Wildman–Crippen LogP) is 3.08. The number of benzene rings is 1. The Kier molecular flexibility index (Phi) is 2.04. The lowest BCUT2D eigenvalue weighted by molar-refractivity contribution is 0.174. The van der Waals surface area contributed by atoms with Gasteiger partial charge in [-0.1, -0.05) is 12.1 Å². The third kappa shape index (κ3) is 1.34. The van der Waals surface area contributed by atoms with Crippen LogP contribution >= 0.6 is 0 Å². The van der Waals surface area contributed by atoms with E-state index in [2.05, 4.69) is 0 Å². The monoisotopic (exact) mass is 269 g/mol. The van der Waals surface area contributed by atoms with Gasteiger partial charge in [-0.05, 0) is 12.2 Å². The minimum absolute atomic E-state index is 0.396. The van der Waals surface area contributed by atoms with Crippen LogP contribution in [0.1, 0.15) is 5.56 Å². The third-order valence-electron chi connectivity index (χ3n) is 3.85. The molecule has 0 saturated carbocycles. The highest BCUT2D eigenvalue weighted by Crippen LogP contribution is 2.46. The van der Waals surface area contributed by atoms with E-state index in [-0.39, 0.29) is 0 Å². The summed E-state index contributed by atoms with van der Waals surface area (Å²) in [4.78, 5) is 12.0. The van der Waals surface area contributed by atoms with Crippen LogP contribution in [0.4, 0.5) is 4.79 Å². The summed E-state index contributed by atoms with van der Waals surface area (Å²) in [5.41, 5.74) is 0.635. The highest BCUT2D eigenvalue weighted by Gasteiger charge is 2.39. The van der Waals surface area contributed by atoms with Gasteiger partial charge in [-0.15, -0.1) is 0 Å². The molecular weight excluding hydrogens is 258 g/mol. The summed E-state index contributed by atoms with van der Waals surface area (Å²) in [5, 5.41) is 10.9. The molecule has 0 bridgehead atoms. The van der Waals surface area contributed by atoms with Crippen LogP contribution in [-0.2, 0) is 5.41 Å². The quantitative estimate of drug-likeness (QED) is 0.798. The van der Waals surface area contributed by atoms with Crippen LogP contribution in [0, 0.1) is 0 Å². The van der Waals surface area contributed by atoms with E-state index < -0.39 is 11.5 Å². The molecule has 20 heavy (non-hydrogen) atoms. The van der Waals surface area contributed by atoms with Crippen LogP contribution in [0.5, 0.6) is 5.75 Å². The summed E-state index contributed by atoms with van der Waals surface area (Å²) in [6.45, 7) is 0.465. The van der Waals surface area contributed by atoms with E-state index in [0.717, 1.165) is 27.0 Å². The molecule has 1 aromatic carbocycles. The molecule has 0 saturated heterocycles. The summed E-state index contributed by atoms with van der Waals surface area (Å²) in [7, 11) is 0. The van der Waals surface area contributed by atoms with Crippen molar-refractivity contribution in [3.8, 4) is 5.75 Å². The summed E-state index contributed by atoms with van der Waals surface area (Å²) < 4.78 is 11.0. The zero-order valence-corrected chi connectivity index (χ0v) is 10.4. The molecule has 5 nitrogen and oxygen atoms in total. The number of carboxylic acid groups (broad SMARTS) is 1. The van der Waals surface area contributed by atoms with E-state index in [1.54, 1.807) is 24.9 Å². The highest BCUT2D eigenvalue weighted by molar-refractivity contribution is 5.90. The largest absolute Gasteiger partial charge is 0.491 e. The lowest BCUT2D eigenvalue weighted by Crippen LogP contribution is -2.29. The Morgan fingerprint density at radius 3 is 2.80 bits per heavy atom. The number of rotatable bonds is 0. The van der Waals surface area contributed by atoms with Gasteiger partial charge in [0.25, 0.3) is 0 Å². The van der Waals surface area contributed by atoms with Crippen LogP contribution in [0.25, 0.3) is 10.8 Å². The van der Waals surface area contributed by atoms with Gasteiger partial charge in [-0.2, -0.15) is 0 Å². The van der Waals surface area contributed by atoms with Crippen molar-refractivity contribution in [1.29, 1.82) is 0 Å². The van der Waals surface area contributed by atoms with E-state index in [1.807, 2.05) is 24.3 Å². The molecule has 1 N–H and O–H groups in total. The molecule has 2 aliphatic heterocycles. The summed E-state index contributed by atoms with van der Waals surface area (Å²) in [6, 6.07) is 3.99. The van der Waals surface area contributed by atoms with Gasteiger partial charge in [0.1, 0.15) is 18.6 Å². The molecule has 4 rings (SSSR count). The molecule has 0 radical (unpaired) electrons. The molecule has 3 heterocycles. The second-order valence-corrected chi connectivity index (χ2v) is 4.97. The first kappa shape index (κ1) is 11.2. The number of carbonyl (C=O) groups is 1. The fraction of sp³-hybridized carbons (Fsp3) is 0.133. The summed E-state index contributed by atoms with van der Waals surface area (Å²) >= 11 is 0. The molecule has 0 aliphatic carbocycles. The van der Waals surface area contributed by atoms with Gasteiger partial charge < -0.3 is 14.3 Å². The van der Waals surface area contributed by atoms with Crippen LogP contribution in [-0.4, -0.2) is 22.7 Å². The number of hydrogen-bond donors (Lipinski definition) is 1. The second-order valence-electron chi connectivity index (χ2n) is 4.97. The molecule has 1 spiro atoms. The number of nitrogens with zero attached hydrogens (tertiary/aromatic N) is 1. The molecule has 100 valence electrons. The van der Waals surface area contributed by atoms with Crippen molar-refractivity contribution < 1.29 is 19.1 Å². The van der Waals surface area contributed by atoms with Gasteiger partial charge in [0.05, 0.1) is 17.1 Å². The van der Waals surface area contributed by atoms with Crippen molar-refractivity contribution in [2.75, 3.05) is 6.61 Å². The zero-order valence-electron chi connectivity index (χ0n) is 10.4. The first-order valence-electron chi connectivity index (χ1n) is 6.22. The summed E-state index contributed by atoms with van der Waals surface area (Å²) in [6.07, 6.45) is 9.19. The molecule has 5 heteroatoms. The number of furan rings is 1. The lowest BCUT2D eigenvalue weighted by atomic mass is 9.81. The Bertz CT molecular complexity index is 757. The highest BCUT2D eigenvalue weighted by atomic mass is 16.5. The maximum atomic E-state index is 10.9. The normalized spacial score (nSPS) is 18.5. The average Bonchev–Trinajstić information content (AvgIpc) is 3.04. The van der Waals surface area contributed by atoms with Crippen molar-refractivity contribution in [2.24, 2.45) is 0 Å². The number of ether oxygens (including phenoxy) is 1. The second kappa shape index (κ2) is 3.66. The molecule has 0 atom stereocenters. The van der Waals surface area contributed by atoms with Crippen LogP contribution in [0.15, 0.2) is 53.6 Å². The predicted molar refractivity (Wildman–Crippen MR) is 71.5 cm³/mol. The van der Waals surface area contributed by atoms with Crippen molar-refractivity contribution in [1.82, 2.24) is 4.90 Å². The molecule has 1 aromatic heterocycles. The van der Waals surface area contributed by atoms with Crippen molar-refractivity contribution >= 4 is 16.9 Å². The Morgan fingerprint density at radius 1 is 1.25 bits per heavy atom. The van der Waals surface area contributed by atoms with E-state index in [1.165, 1.54) is 0 Å². The van der Waals surface area contributed by atoms with Gasteiger partial charge in [0, 0.05) is 23.3 Å². The van der Waals surface area contributed by atoms with Gasteiger partial charge in [-0.25, -0.2) is 4.79 Å². The van der Waals surface area contributed by atoms with E-state index in [4.69, 9.17) is 14.3 Å². The number of amides is 1. The smallest absolute Gasteiger partial charge is 0.415 e. The SMILES string of the molecule is O=C(O)N1C=CC2(C=C1)COc1c2ccc2cocc12. The fourth-order valence-corrected chi connectivity index (χ4v) is 2.74. The minimum atomic E-state index is -1.00. The zero-order chi connectivity index (χ0) is 13.7. The fourth-order valence-electron chi connectivity index (χ4n) is 2.74. The molecular formula is C15H11NO4. The van der Waals surface area contributed by atoms with Crippen LogP contribution in [0.3, 0.4) is 0 Å². The average molecular weight is 269 g/mol. The van der Waals surface area contributed by atoms with Gasteiger partial charge in [0.2, 0.25) is 0 Å². The Morgan fingerprint density at radius 2 is 2.05 bits per heavy atom. The van der Waals surface area contributed by atoms with Crippen LogP contribution < -0.4 is 4.74 Å². The molecule has 0 fully saturated rings. The maximum Gasteiger partial charge on any atom is 0.415 e. The Hall–Kier alpha value is -2.69. The van der Waals surface area contributed by atoms with Gasteiger partial charge in [0.15, 0.2) is 0 Å². The number of hydrogen-bond acceptors (Lipinski definition) is 3. The van der Waals surface area contributed by atoms with Crippen LogP contribution in [0.2, 0.25) is 0 Å². The molecule has 1 amide bonds. The van der Waals surface area contributed by atoms with Crippen molar-refractivity contribution in [3.05, 3.63) is 54.8 Å². The van der Waals surface area contributed by atoms with Crippen molar-refractivity contribution in [3.63, 3.8) is 0 Å². The topological polar surface area (TPSA) is 62.9 Å². The Balaban J connectivity index is 1.84. The number of fused-ring (bicyclic) bond motifs is 4. The van der Waals surface area contributed by atoms with E-state index in [9.17, 15) is 4.79 Å². The minimum Gasteiger partial charge on any atom is -0.491 e.